The topological polar surface area (TPSA) is 58.9 Å². The zero-order chi connectivity index (χ0) is 14.0. The zero-order valence-electron chi connectivity index (χ0n) is 11.0. The van der Waals surface area contributed by atoms with Crippen molar-refractivity contribution in [3.8, 4) is 11.5 Å². The lowest BCUT2D eigenvalue weighted by atomic mass is 9.85. The summed E-state index contributed by atoms with van der Waals surface area (Å²) in [6.07, 6.45) is 4.74. The molecule has 0 radical (unpaired) electrons. The molecule has 0 spiro atoms. The van der Waals surface area contributed by atoms with Crippen LogP contribution in [0.2, 0.25) is 0 Å². The summed E-state index contributed by atoms with van der Waals surface area (Å²) in [5, 5.41) is 10.00. The van der Waals surface area contributed by atoms with Gasteiger partial charge in [-0.25, -0.2) is 9.18 Å². The number of phenols is 1. The van der Waals surface area contributed by atoms with Gasteiger partial charge >= 0.3 is 0 Å². The fourth-order valence-corrected chi connectivity index (χ4v) is 2.88. The largest absolute Gasteiger partial charge is 0.504 e. The molecule has 1 aliphatic rings. The van der Waals surface area contributed by atoms with Gasteiger partial charge in [0.05, 0.1) is 12.6 Å². The Labute approximate surface area is 110 Å². The third-order valence-corrected chi connectivity index (χ3v) is 3.86. The van der Waals surface area contributed by atoms with E-state index >= 15 is 0 Å². The fraction of sp³-hybridized carbons (Fsp3) is 0.500. The van der Waals surface area contributed by atoms with Crippen molar-refractivity contribution in [3.63, 3.8) is 0 Å². The molecule has 5 heteroatoms. The van der Waals surface area contributed by atoms with Gasteiger partial charge in [-0.15, -0.1) is 0 Å². The highest BCUT2D eigenvalue weighted by Gasteiger charge is 2.38. The lowest BCUT2D eigenvalue weighted by Crippen LogP contribution is -2.21. The molecule has 102 valence electrons. The molecule has 1 aromatic rings. The van der Waals surface area contributed by atoms with Crippen LogP contribution >= 0.6 is 0 Å². The first-order chi connectivity index (χ1) is 9.05. The number of phenolic OH excluding ortho intramolecular Hbond substituents is 1. The standard InChI is InChI=1S/C14H16FNO3/c1-9-10(7-11(15)13(19-2)12(9)18)14(16-8-17)5-3-4-6-14/h7,18H,3-6H2,1-2H3. The van der Waals surface area contributed by atoms with Gasteiger partial charge in [0.15, 0.2) is 17.3 Å². The van der Waals surface area contributed by atoms with Crippen molar-refractivity contribution in [1.29, 1.82) is 0 Å². The number of aromatic hydroxyl groups is 1. The Morgan fingerprint density at radius 2 is 2.11 bits per heavy atom. The predicted octanol–water partition coefficient (Wildman–Crippen LogP) is 2.95. The van der Waals surface area contributed by atoms with Gasteiger partial charge in [-0.1, -0.05) is 12.8 Å². The van der Waals surface area contributed by atoms with E-state index < -0.39 is 11.4 Å². The van der Waals surface area contributed by atoms with E-state index in [0.29, 0.717) is 24.0 Å². The molecule has 1 saturated carbocycles. The lowest BCUT2D eigenvalue weighted by Gasteiger charge is -2.26. The number of benzene rings is 1. The summed E-state index contributed by atoms with van der Waals surface area (Å²) in [5.41, 5.74) is 0.291. The van der Waals surface area contributed by atoms with Crippen molar-refractivity contribution in [2.75, 3.05) is 7.11 Å². The molecule has 4 nitrogen and oxygen atoms in total. The van der Waals surface area contributed by atoms with Crippen LogP contribution in [0.1, 0.15) is 36.8 Å². The Morgan fingerprint density at radius 1 is 1.47 bits per heavy atom. The highest BCUT2D eigenvalue weighted by atomic mass is 19.1. The number of ether oxygens (including phenoxy) is 1. The van der Waals surface area contributed by atoms with Crippen LogP contribution in [0.25, 0.3) is 0 Å². The van der Waals surface area contributed by atoms with Gasteiger partial charge in [0.2, 0.25) is 6.08 Å². The van der Waals surface area contributed by atoms with Gasteiger partial charge in [0.1, 0.15) is 0 Å². The molecule has 1 fully saturated rings. The van der Waals surface area contributed by atoms with E-state index in [4.69, 9.17) is 4.74 Å². The Morgan fingerprint density at radius 3 is 2.63 bits per heavy atom. The number of nitrogens with zero attached hydrogens (tertiary/aromatic N) is 1. The normalized spacial score (nSPS) is 17.0. The van der Waals surface area contributed by atoms with E-state index in [-0.39, 0.29) is 11.5 Å². The fourth-order valence-electron chi connectivity index (χ4n) is 2.88. The van der Waals surface area contributed by atoms with Crippen molar-refractivity contribution in [2.24, 2.45) is 4.99 Å². The summed E-state index contributed by atoms with van der Waals surface area (Å²) in [4.78, 5) is 14.6. The number of carbonyl (C=O) groups excluding carboxylic acids is 1. The van der Waals surface area contributed by atoms with Gasteiger partial charge in [-0.3, -0.25) is 0 Å². The van der Waals surface area contributed by atoms with E-state index in [1.807, 2.05) is 0 Å². The molecule has 1 aromatic carbocycles. The summed E-state index contributed by atoms with van der Waals surface area (Å²) < 4.78 is 18.8. The van der Waals surface area contributed by atoms with Crippen LogP contribution in [-0.4, -0.2) is 18.3 Å². The van der Waals surface area contributed by atoms with Crippen molar-refractivity contribution in [3.05, 3.63) is 23.0 Å². The summed E-state index contributed by atoms with van der Waals surface area (Å²) >= 11 is 0. The Kier molecular flexibility index (Phi) is 3.58. The molecule has 0 aliphatic heterocycles. The van der Waals surface area contributed by atoms with Gasteiger partial charge in [0, 0.05) is 5.56 Å². The summed E-state index contributed by atoms with van der Waals surface area (Å²) in [6, 6.07) is 1.31. The number of isocyanates is 1. The van der Waals surface area contributed by atoms with E-state index in [1.165, 1.54) is 13.2 Å². The molecule has 1 N–H and O–H groups in total. The lowest BCUT2D eigenvalue weighted by molar-refractivity contribution is 0.345. The summed E-state index contributed by atoms with van der Waals surface area (Å²) in [7, 11) is 1.30. The van der Waals surface area contributed by atoms with E-state index in [0.717, 1.165) is 12.8 Å². The highest BCUT2D eigenvalue weighted by molar-refractivity contribution is 5.53. The first kappa shape index (κ1) is 13.6. The van der Waals surface area contributed by atoms with Crippen molar-refractivity contribution in [1.82, 2.24) is 0 Å². The predicted molar refractivity (Wildman–Crippen MR) is 67.6 cm³/mol. The Bertz CT molecular complexity index is 544. The number of hydrogen-bond donors (Lipinski definition) is 1. The third kappa shape index (κ3) is 2.10. The minimum Gasteiger partial charge on any atom is -0.504 e. The molecule has 0 bridgehead atoms. The molecular weight excluding hydrogens is 249 g/mol. The van der Waals surface area contributed by atoms with Crippen LogP contribution in [-0.2, 0) is 10.3 Å². The molecular formula is C14H16FNO3. The molecule has 0 aromatic heterocycles. The van der Waals surface area contributed by atoms with Crippen LogP contribution in [0.4, 0.5) is 4.39 Å². The number of hydrogen-bond acceptors (Lipinski definition) is 4. The Balaban J connectivity index is 2.65. The summed E-state index contributed by atoms with van der Waals surface area (Å²) in [6.45, 7) is 1.67. The van der Waals surface area contributed by atoms with Crippen LogP contribution in [0.3, 0.4) is 0 Å². The quantitative estimate of drug-likeness (QED) is 0.675. The van der Waals surface area contributed by atoms with Crippen LogP contribution in [0.5, 0.6) is 11.5 Å². The minimum atomic E-state index is -0.754. The van der Waals surface area contributed by atoms with Crippen molar-refractivity contribution in [2.45, 2.75) is 38.1 Å². The second-order valence-electron chi connectivity index (χ2n) is 4.85. The molecule has 0 unspecified atom stereocenters. The van der Waals surface area contributed by atoms with Crippen LogP contribution in [0.15, 0.2) is 11.1 Å². The SMILES string of the molecule is COc1c(F)cc(C2(N=C=O)CCCC2)c(C)c1O. The number of aliphatic imine (C=N–C) groups is 1. The van der Waals surface area contributed by atoms with Gasteiger partial charge in [0.25, 0.3) is 0 Å². The monoisotopic (exact) mass is 265 g/mol. The number of halogens is 1. The maximum atomic E-state index is 13.9. The molecule has 1 aliphatic carbocycles. The zero-order valence-corrected chi connectivity index (χ0v) is 11.0. The first-order valence-corrected chi connectivity index (χ1v) is 6.21. The average Bonchev–Trinajstić information content (AvgIpc) is 2.84. The number of methoxy groups -OCH3 is 1. The molecule has 0 amide bonds. The highest BCUT2D eigenvalue weighted by Crippen LogP contribution is 2.47. The second kappa shape index (κ2) is 5.02. The van der Waals surface area contributed by atoms with Gasteiger partial charge in [-0.05, 0) is 31.4 Å². The average molecular weight is 265 g/mol. The van der Waals surface area contributed by atoms with Gasteiger partial charge < -0.3 is 9.84 Å². The van der Waals surface area contributed by atoms with Crippen molar-refractivity contribution >= 4 is 6.08 Å². The van der Waals surface area contributed by atoms with Crippen LogP contribution in [0, 0.1) is 12.7 Å². The van der Waals surface area contributed by atoms with Gasteiger partial charge in [-0.2, -0.15) is 4.99 Å². The maximum Gasteiger partial charge on any atom is 0.235 e. The Hall–Kier alpha value is -1.87. The second-order valence-corrected chi connectivity index (χ2v) is 4.85. The molecule has 19 heavy (non-hydrogen) atoms. The van der Waals surface area contributed by atoms with E-state index in [9.17, 15) is 14.3 Å². The molecule has 0 heterocycles. The molecule has 0 saturated heterocycles. The molecule has 2 rings (SSSR count). The smallest absolute Gasteiger partial charge is 0.235 e. The first-order valence-electron chi connectivity index (χ1n) is 6.21. The van der Waals surface area contributed by atoms with E-state index in [2.05, 4.69) is 4.99 Å². The van der Waals surface area contributed by atoms with E-state index in [1.54, 1.807) is 13.0 Å². The minimum absolute atomic E-state index is 0.176. The number of rotatable bonds is 3. The van der Waals surface area contributed by atoms with Crippen molar-refractivity contribution < 1.29 is 19.0 Å². The molecule has 0 atom stereocenters. The summed E-state index contributed by atoms with van der Waals surface area (Å²) in [5.74, 6) is -1.05. The van der Waals surface area contributed by atoms with Crippen LogP contribution < -0.4 is 4.74 Å². The maximum absolute atomic E-state index is 13.9. The third-order valence-electron chi connectivity index (χ3n) is 3.86.